The highest BCUT2D eigenvalue weighted by Gasteiger charge is 2.66. The summed E-state index contributed by atoms with van der Waals surface area (Å²) in [5.74, 6) is -4.58. The zero-order valence-corrected chi connectivity index (χ0v) is 13.8. The van der Waals surface area contributed by atoms with E-state index in [2.05, 4.69) is 4.74 Å². The van der Waals surface area contributed by atoms with E-state index in [-0.39, 0.29) is 11.8 Å². The smallest absolute Gasteiger partial charge is 0.458 e. The zero-order valence-electron chi connectivity index (χ0n) is 12.2. The van der Waals surface area contributed by atoms with Crippen molar-refractivity contribution in [3.63, 3.8) is 0 Å². The van der Waals surface area contributed by atoms with Crippen molar-refractivity contribution in [2.24, 2.45) is 11.8 Å². The third kappa shape index (κ3) is 2.90. The van der Waals surface area contributed by atoms with Gasteiger partial charge in [0, 0.05) is 11.8 Å². The molecule has 3 rings (SSSR count). The van der Waals surface area contributed by atoms with Crippen LogP contribution >= 0.6 is 0 Å². The van der Waals surface area contributed by atoms with Crippen LogP contribution in [-0.2, 0) is 43.5 Å². The fourth-order valence-corrected chi connectivity index (χ4v) is 5.87. The maximum Gasteiger partial charge on any atom is 0.465 e. The monoisotopic (exact) mass is 406 g/mol. The lowest BCUT2D eigenvalue weighted by Gasteiger charge is -2.24. The van der Waals surface area contributed by atoms with Gasteiger partial charge in [-0.25, -0.2) is 9.59 Å². The minimum Gasteiger partial charge on any atom is -0.458 e. The molecule has 1 saturated heterocycles. The normalized spacial score (nSPS) is 35.6. The van der Waals surface area contributed by atoms with E-state index in [1.54, 1.807) is 0 Å². The van der Waals surface area contributed by atoms with Crippen molar-refractivity contribution in [1.82, 2.24) is 0 Å². The van der Waals surface area contributed by atoms with Crippen molar-refractivity contribution >= 4 is 32.2 Å². The van der Waals surface area contributed by atoms with Gasteiger partial charge in [0.1, 0.15) is 11.4 Å². The Morgan fingerprint density at radius 1 is 1.28 bits per heavy atom. The largest absolute Gasteiger partial charge is 0.465 e. The number of alkyl halides is 2. The molecule has 2 bridgehead atoms. The molecule has 0 aromatic carbocycles. The van der Waals surface area contributed by atoms with E-state index < -0.39 is 61.5 Å². The van der Waals surface area contributed by atoms with Crippen LogP contribution in [0.4, 0.5) is 8.78 Å². The first-order chi connectivity index (χ1) is 11.3. The SMILES string of the molecule is O=C(COC(=O)C(F)(F)S(=O)(=O)O)OC1C2CC3OS(=O)(=O)C1C3C2. The number of rotatable bonds is 5. The Bertz CT molecular complexity index is 818. The van der Waals surface area contributed by atoms with Crippen LogP contribution in [0.5, 0.6) is 0 Å². The van der Waals surface area contributed by atoms with E-state index in [0.717, 1.165) is 0 Å². The summed E-state index contributed by atoms with van der Waals surface area (Å²) in [7, 11) is -9.97. The van der Waals surface area contributed by atoms with Gasteiger partial charge in [0.2, 0.25) is 0 Å². The standard InChI is InChI=1S/C11H12F2O10S2/c12-11(13,25(18,19)20)10(15)21-3-7(14)22-8-4-1-5-6(2-4)23-24(16,17)9(5)8/h4-6,8-9H,1-3H2,(H,18,19,20). The molecule has 1 heterocycles. The lowest BCUT2D eigenvalue weighted by Crippen LogP contribution is -2.42. The highest BCUT2D eigenvalue weighted by atomic mass is 32.2. The lowest BCUT2D eigenvalue weighted by molar-refractivity contribution is -0.172. The highest BCUT2D eigenvalue weighted by molar-refractivity contribution is 7.88. The average molecular weight is 406 g/mol. The van der Waals surface area contributed by atoms with Gasteiger partial charge in [0.15, 0.2) is 6.61 Å². The predicted molar refractivity (Wildman–Crippen MR) is 71.1 cm³/mol. The maximum atomic E-state index is 13.0. The number of fused-ring (bicyclic) bond motifs is 1. The van der Waals surface area contributed by atoms with Crippen molar-refractivity contribution < 1.29 is 53.4 Å². The summed E-state index contributed by atoms with van der Waals surface area (Å²) in [6.07, 6.45) is -0.685. The van der Waals surface area contributed by atoms with Crippen LogP contribution in [-0.4, -0.2) is 62.6 Å². The summed E-state index contributed by atoms with van der Waals surface area (Å²) >= 11 is 0. The second-order valence-corrected chi connectivity index (χ2v) is 9.20. The summed E-state index contributed by atoms with van der Waals surface area (Å²) in [6, 6.07) is 0. The number of ether oxygens (including phenoxy) is 2. The molecule has 25 heavy (non-hydrogen) atoms. The molecule has 0 aromatic heterocycles. The summed E-state index contributed by atoms with van der Waals surface area (Å²) in [4.78, 5) is 22.6. The third-order valence-electron chi connectivity index (χ3n) is 4.54. The summed E-state index contributed by atoms with van der Waals surface area (Å²) < 4.78 is 92.4. The highest BCUT2D eigenvalue weighted by Crippen LogP contribution is 2.55. The molecule has 2 aliphatic carbocycles. The molecule has 0 aromatic rings. The van der Waals surface area contributed by atoms with Gasteiger partial charge in [-0.3, -0.25) is 8.74 Å². The Hall–Kier alpha value is -1.38. The minimum atomic E-state index is -6.06. The molecular formula is C11H12F2O10S2. The minimum absolute atomic E-state index is 0.281. The van der Waals surface area contributed by atoms with E-state index in [1.165, 1.54) is 0 Å². The van der Waals surface area contributed by atoms with Crippen LogP contribution in [0.15, 0.2) is 0 Å². The first-order valence-electron chi connectivity index (χ1n) is 6.98. The molecular weight excluding hydrogens is 394 g/mol. The lowest BCUT2D eigenvalue weighted by atomic mass is 9.95. The molecule has 142 valence electrons. The number of carbonyl (C=O) groups excluding carboxylic acids is 2. The Kier molecular flexibility index (Phi) is 4.09. The molecule has 0 spiro atoms. The van der Waals surface area contributed by atoms with E-state index in [0.29, 0.717) is 12.8 Å². The third-order valence-corrected chi connectivity index (χ3v) is 7.15. The molecule has 1 aliphatic heterocycles. The Balaban J connectivity index is 1.60. The van der Waals surface area contributed by atoms with E-state index in [1.807, 2.05) is 0 Å². The van der Waals surface area contributed by atoms with Gasteiger partial charge >= 0.3 is 27.3 Å². The first kappa shape index (κ1) is 18.4. The molecule has 3 aliphatic rings. The molecule has 5 unspecified atom stereocenters. The van der Waals surface area contributed by atoms with Crippen molar-refractivity contribution in [1.29, 1.82) is 0 Å². The topological polar surface area (TPSA) is 150 Å². The number of esters is 2. The van der Waals surface area contributed by atoms with Crippen LogP contribution in [0, 0.1) is 11.8 Å². The molecule has 2 saturated carbocycles. The van der Waals surface area contributed by atoms with Crippen molar-refractivity contribution in [2.45, 2.75) is 35.6 Å². The van der Waals surface area contributed by atoms with Gasteiger partial charge in [-0.1, -0.05) is 0 Å². The number of carbonyl (C=O) groups is 2. The average Bonchev–Trinajstić information content (AvgIpc) is 3.04. The number of hydrogen-bond donors (Lipinski definition) is 1. The van der Waals surface area contributed by atoms with Gasteiger partial charge in [-0.05, 0) is 12.8 Å². The van der Waals surface area contributed by atoms with E-state index >= 15 is 0 Å². The molecule has 1 N–H and O–H groups in total. The fourth-order valence-electron chi connectivity index (χ4n) is 3.58. The van der Waals surface area contributed by atoms with Gasteiger partial charge in [0.25, 0.3) is 10.1 Å². The zero-order chi connectivity index (χ0) is 18.8. The van der Waals surface area contributed by atoms with Crippen LogP contribution in [0.2, 0.25) is 0 Å². The second kappa shape index (κ2) is 5.56. The second-order valence-electron chi connectivity index (χ2n) is 6.01. The first-order valence-corrected chi connectivity index (χ1v) is 9.89. The van der Waals surface area contributed by atoms with Gasteiger partial charge in [-0.15, -0.1) is 0 Å². The van der Waals surface area contributed by atoms with Crippen LogP contribution in [0.25, 0.3) is 0 Å². The van der Waals surface area contributed by atoms with Crippen molar-refractivity contribution in [3.8, 4) is 0 Å². The van der Waals surface area contributed by atoms with Crippen molar-refractivity contribution in [3.05, 3.63) is 0 Å². The molecule has 14 heteroatoms. The van der Waals surface area contributed by atoms with Gasteiger partial charge < -0.3 is 9.47 Å². The molecule has 5 atom stereocenters. The van der Waals surface area contributed by atoms with Crippen LogP contribution in [0.3, 0.4) is 0 Å². The molecule has 3 fully saturated rings. The predicted octanol–water partition coefficient (Wildman–Crippen LogP) is -0.941. The Morgan fingerprint density at radius 2 is 1.92 bits per heavy atom. The van der Waals surface area contributed by atoms with E-state index in [4.69, 9.17) is 13.5 Å². The Labute approximate surface area is 140 Å². The van der Waals surface area contributed by atoms with E-state index in [9.17, 15) is 35.2 Å². The summed E-state index contributed by atoms with van der Waals surface area (Å²) in [6.45, 7) is -1.37. The molecule has 0 amide bonds. The van der Waals surface area contributed by atoms with Crippen LogP contribution in [0.1, 0.15) is 12.8 Å². The molecule has 10 nitrogen and oxygen atoms in total. The Morgan fingerprint density at radius 3 is 2.52 bits per heavy atom. The summed E-state index contributed by atoms with van der Waals surface area (Å²) in [5.41, 5.74) is 0. The quantitative estimate of drug-likeness (QED) is 0.344. The van der Waals surface area contributed by atoms with Gasteiger partial charge in [0.05, 0.1) is 6.10 Å². The summed E-state index contributed by atoms with van der Waals surface area (Å²) in [5, 5.41) is -6.30. The van der Waals surface area contributed by atoms with Gasteiger partial charge in [-0.2, -0.15) is 25.6 Å². The van der Waals surface area contributed by atoms with Crippen LogP contribution < -0.4 is 0 Å². The van der Waals surface area contributed by atoms with Crippen molar-refractivity contribution in [2.75, 3.05) is 6.61 Å². The fraction of sp³-hybridized carbons (Fsp3) is 0.818. The maximum absolute atomic E-state index is 13.0. The number of halogens is 2. The molecule has 0 radical (unpaired) electrons. The number of hydrogen-bond acceptors (Lipinski definition) is 9.